The third kappa shape index (κ3) is 5.12. The standard InChI is InChI=1S/C14H19NO9P2/c1-3-11(25(19,20)21)15(12(4-2)26(22,23)24)13(14(17)18)9-5-7-10(16)8-6-9/h3-8,11-13,16H,1-2H2,(H,17,18)(H2,19,20,21)(H2,22,23,24). The zero-order valence-electron chi connectivity index (χ0n) is 13.4. The van der Waals surface area contributed by atoms with E-state index in [2.05, 4.69) is 13.2 Å². The van der Waals surface area contributed by atoms with Crippen LogP contribution >= 0.6 is 15.2 Å². The molecular formula is C14H19NO9P2. The summed E-state index contributed by atoms with van der Waals surface area (Å²) in [6, 6.07) is 2.69. The predicted molar refractivity (Wildman–Crippen MR) is 92.4 cm³/mol. The topological polar surface area (TPSA) is 176 Å². The van der Waals surface area contributed by atoms with Crippen molar-refractivity contribution in [2.24, 2.45) is 0 Å². The minimum Gasteiger partial charge on any atom is -0.508 e. The van der Waals surface area contributed by atoms with Crippen LogP contribution in [0.5, 0.6) is 5.75 Å². The first-order valence-corrected chi connectivity index (χ1v) is 10.4. The van der Waals surface area contributed by atoms with Crippen molar-refractivity contribution in [3.63, 3.8) is 0 Å². The van der Waals surface area contributed by atoms with Crippen LogP contribution < -0.4 is 0 Å². The van der Waals surface area contributed by atoms with Crippen LogP contribution in [0, 0.1) is 0 Å². The second kappa shape index (κ2) is 8.28. The second-order valence-electron chi connectivity index (χ2n) is 5.26. The third-order valence-electron chi connectivity index (χ3n) is 3.46. The lowest BCUT2D eigenvalue weighted by atomic mass is 10.0. The maximum Gasteiger partial charge on any atom is 0.346 e. The van der Waals surface area contributed by atoms with Gasteiger partial charge in [-0.25, -0.2) is 0 Å². The Kier molecular flexibility index (Phi) is 7.09. The van der Waals surface area contributed by atoms with Gasteiger partial charge in [-0.2, -0.15) is 0 Å². The highest BCUT2D eigenvalue weighted by Crippen LogP contribution is 2.53. The monoisotopic (exact) mass is 407 g/mol. The van der Waals surface area contributed by atoms with Crippen LogP contribution in [0.1, 0.15) is 11.6 Å². The summed E-state index contributed by atoms with van der Waals surface area (Å²) in [6.45, 7) is 6.49. The van der Waals surface area contributed by atoms with Crippen LogP contribution in [0.15, 0.2) is 49.6 Å². The molecule has 10 nitrogen and oxygen atoms in total. The summed E-state index contributed by atoms with van der Waals surface area (Å²) in [5, 5.41) is 19.0. The molecule has 0 fully saturated rings. The number of aromatic hydroxyl groups is 1. The molecule has 0 saturated heterocycles. The summed E-state index contributed by atoms with van der Waals surface area (Å²) in [5.74, 6) is -5.87. The van der Waals surface area contributed by atoms with Crippen molar-refractivity contribution >= 4 is 21.2 Å². The van der Waals surface area contributed by atoms with Gasteiger partial charge in [-0.15, -0.1) is 13.2 Å². The number of carbonyl (C=O) groups is 1. The SMILES string of the molecule is C=CC(N(C(C(=O)O)c1ccc(O)cc1)C(C=C)P(=O)(O)O)P(=O)(O)O. The molecule has 0 aliphatic carbocycles. The molecule has 0 spiro atoms. The first-order chi connectivity index (χ1) is 11.8. The van der Waals surface area contributed by atoms with Gasteiger partial charge >= 0.3 is 21.2 Å². The fourth-order valence-corrected chi connectivity index (χ4v) is 4.33. The van der Waals surface area contributed by atoms with Crippen LogP contribution in [0.25, 0.3) is 0 Å². The Labute approximate surface area is 149 Å². The van der Waals surface area contributed by atoms with Crippen molar-refractivity contribution in [3.05, 3.63) is 55.1 Å². The molecule has 0 aromatic heterocycles. The molecule has 0 heterocycles. The molecule has 1 rings (SSSR count). The highest BCUT2D eigenvalue weighted by atomic mass is 31.2. The van der Waals surface area contributed by atoms with Crippen LogP contribution in [0.3, 0.4) is 0 Å². The summed E-state index contributed by atoms with van der Waals surface area (Å²) in [7, 11) is -10.2. The van der Waals surface area contributed by atoms with Gasteiger partial charge in [-0.05, 0) is 17.7 Å². The van der Waals surface area contributed by atoms with Crippen molar-refractivity contribution < 1.29 is 43.7 Å². The molecule has 0 aliphatic heterocycles. The van der Waals surface area contributed by atoms with E-state index < -0.39 is 38.8 Å². The van der Waals surface area contributed by atoms with Gasteiger partial charge in [-0.1, -0.05) is 24.3 Å². The van der Waals surface area contributed by atoms with Crippen LogP contribution in [-0.4, -0.2) is 52.2 Å². The fourth-order valence-electron chi connectivity index (χ4n) is 2.43. The van der Waals surface area contributed by atoms with Gasteiger partial charge in [0.25, 0.3) is 0 Å². The molecule has 0 bridgehead atoms. The number of phenolic OH excluding ortho intramolecular Hbond substituents is 1. The van der Waals surface area contributed by atoms with Crippen LogP contribution in [0.4, 0.5) is 0 Å². The lowest BCUT2D eigenvalue weighted by Crippen LogP contribution is -2.46. The van der Waals surface area contributed by atoms with E-state index in [1.165, 1.54) is 0 Å². The molecule has 1 aromatic rings. The summed E-state index contributed by atoms with van der Waals surface area (Å²) in [5.41, 5.74) is -0.0732. The normalized spacial score (nSPS) is 15.9. The minimum atomic E-state index is -5.09. The minimum absolute atomic E-state index is 0.0732. The van der Waals surface area contributed by atoms with Crippen LogP contribution in [0.2, 0.25) is 0 Å². The average molecular weight is 407 g/mol. The molecule has 0 aliphatic rings. The van der Waals surface area contributed by atoms with Crippen molar-refractivity contribution in [2.45, 2.75) is 17.6 Å². The molecule has 0 amide bonds. The molecule has 144 valence electrons. The van der Waals surface area contributed by atoms with E-state index in [-0.39, 0.29) is 11.3 Å². The lowest BCUT2D eigenvalue weighted by Gasteiger charge is -2.39. The molecule has 3 atom stereocenters. The van der Waals surface area contributed by atoms with E-state index >= 15 is 0 Å². The zero-order valence-corrected chi connectivity index (χ0v) is 15.1. The Morgan fingerprint density at radius 3 is 1.62 bits per heavy atom. The van der Waals surface area contributed by atoms with E-state index in [0.717, 1.165) is 24.3 Å². The predicted octanol–water partition coefficient (Wildman–Crippen LogP) is 1.20. The van der Waals surface area contributed by atoms with Crippen molar-refractivity contribution in [2.75, 3.05) is 0 Å². The van der Waals surface area contributed by atoms with Gasteiger partial charge in [0.15, 0.2) is 0 Å². The van der Waals surface area contributed by atoms with Gasteiger partial charge < -0.3 is 29.8 Å². The first-order valence-electron chi connectivity index (χ1n) is 6.99. The number of hydrogen-bond acceptors (Lipinski definition) is 5. The smallest absolute Gasteiger partial charge is 0.346 e. The number of carboxylic acid groups (broad SMARTS) is 1. The van der Waals surface area contributed by atoms with E-state index in [0.29, 0.717) is 17.1 Å². The Balaban J connectivity index is 3.73. The average Bonchev–Trinajstić information content (AvgIpc) is 2.47. The van der Waals surface area contributed by atoms with Gasteiger partial charge in [-0.3, -0.25) is 18.8 Å². The number of carboxylic acids is 1. The molecule has 1 aromatic carbocycles. The van der Waals surface area contributed by atoms with Gasteiger partial charge in [0.05, 0.1) is 0 Å². The molecule has 12 heteroatoms. The van der Waals surface area contributed by atoms with E-state index in [4.69, 9.17) is 0 Å². The highest BCUT2D eigenvalue weighted by molar-refractivity contribution is 7.53. The van der Waals surface area contributed by atoms with Crippen molar-refractivity contribution in [3.8, 4) is 5.75 Å². The molecule has 26 heavy (non-hydrogen) atoms. The van der Waals surface area contributed by atoms with Crippen LogP contribution in [-0.2, 0) is 13.9 Å². The maximum atomic E-state index is 11.8. The first kappa shape index (κ1) is 22.3. The number of nitrogens with zero attached hydrogens (tertiary/aromatic N) is 1. The molecule has 3 unspecified atom stereocenters. The van der Waals surface area contributed by atoms with E-state index in [1.807, 2.05) is 0 Å². The third-order valence-corrected chi connectivity index (χ3v) is 5.80. The largest absolute Gasteiger partial charge is 0.508 e. The Morgan fingerprint density at radius 1 is 0.962 bits per heavy atom. The molecule has 0 radical (unpaired) electrons. The van der Waals surface area contributed by atoms with Gasteiger partial charge in [0, 0.05) is 0 Å². The van der Waals surface area contributed by atoms with E-state index in [1.54, 1.807) is 0 Å². The number of aliphatic carboxylic acids is 1. The van der Waals surface area contributed by atoms with Gasteiger partial charge in [0.1, 0.15) is 23.4 Å². The number of rotatable bonds is 9. The molecular weight excluding hydrogens is 388 g/mol. The Bertz CT molecular complexity index is 733. The van der Waals surface area contributed by atoms with Gasteiger partial charge in [0.2, 0.25) is 0 Å². The van der Waals surface area contributed by atoms with Crippen molar-refractivity contribution in [1.82, 2.24) is 4.90 Å². The Hall–Kier alpha value is -1.77. The molecule has 6 N–H and O–H groups in total. The fraction of sp³-hybridized carbons (Fsp3) is 0.214. The number of benzene rings is 1. The number of hydrogen-bond donors (Lipinski definition) is 6. The highest BCUT2D eigenvalue weighted by Gasteiger charge is 2.47. The van der Waals surface area contributed by atoms with Crippen molar-refractivity contribution in [1.29, 1.82) is 0 Å². The summed E-state index contributed by atoms with van der Waals surface area (Å²) < 4.78 is 23.7. The van der Waals surface area contributed by atoms with E-state index in [9.17, 15) is 43.7 Å². The summed E-state index contributed by atoms with van der Waals surface area (Å²) in [6.07, 6.45) is 1.42. The number of phenols is 1. The maximum absolute atomic E-state index is 11.8. The lowest BCUT2D eigenvalue weighted by molar-refractivity contribution is -0.144. The zero-order chi connectivity index (χ0) is 20.3. The molecule has 0 saturated carbocycles. The summed E-state index contributed by atoms with van der Waals surface area (Å²) in [4.78, 5) is 50.5. The quantitative estimate of drug-likeness (QED) is 0.258. The second-order valence-corrected chi connectivity index (χ2v) is 8.67. The Morgan fingerprint density at radius 2 is 1.35 bits per heavy atom. The summed E-state index contributed by atoms with van der Waals surface area (Å²) >= 11 is 0.